The van der Waals surface area contributed by atoms with E-state index < -0.39 is 36.9 Å². The van der Waals surface area contributed by atoms with E-state index in [0.717, 1.165) is 6.20 Å². The first-order valence-corrected chi connectivity index (χ1v) is 5.52. The minimum Gasteiger partial charge on any atom is -0.481 e. The van der Waals surface area contributed by atoms with E-state index in [1.807, 2.05) is 0 Å². The van der Waals surface area contributed by atoms with Crippen LogP contribution in [0.15, 0.2) is 6.20 Å². The van der Waals surface area contributed by atoms with Gasteiger partial charge in [-0.15, -0.1) is 13.2 Å². The highest BCUT2D eigenvalue weighted by Crippen LogP contribution is 2.30. The van der Waals surface area contributed by atoms with Crippen LogP contribution in [0.2, 0.25) is 0 Å². The van der Waals surface area contributed by atoms with Gasteiger partial charge in [0.15, 0.2) is 0 Å². The number of carbonyl (C=O) groups is 1. The Hall–Kier alpha value is -1.13. The van der Waals surface area contributed by atoms with Gasteiger partial charge in [-0.2, -0.15) is 0 Å². The molecule has 1 N–H and O–H groups in total. The van der Waals surface area contributed by atoms with Crippen LogP contribution in [-0.2, 0) is 17.9 Å². The third kappa shape index (κ3) is 3.96. The lowest BCUT2D eigenvalue weighted by atomic mass is 10.1. The van der Waals surface area contributed by atoms with E-state index in [0.29, 0.717) is 0 Å². The fourth-order valence-corrected chi connectivity index (χ4v) is 1.86. The summed E-state index contributed by atoms with van der Waals surface area (Å²) in [5, 5.41) is 8.57. The maximum Gasteiger partial charge on any atom is 0.574 e. The van der Waals surface area contributed by atoms with Gasteiger partial charge in [-0.3, -0.25) is 4.79 Å². The van der Waals surface area contributed by atoms with Crippen LogP contribution in [0.4, 0.5) is 17.6 Å². The van der Waals surface area contributed by atoms with Crippen molar-refractivity contribution in [1.82, 2.24) is 4.98 Å². The van der Waals surface area contributed by atoms with Crippen molar-refractivity contribution in [2.24, 2.45) is 0 Å². The molecule has 0 atom stereocenters. The molecule has 0 unspecified atom stereocenters. The van der Waals surface area contributed by atoms with Gasteiger partial charge in [0.05, 0.1) is 12.0 Å². The summed E-state index contributed by atoms with van der Waals surface area (Å²) in [5.74, 6) is -2.09. The van der Waals surface area contributed by atoms with Crippen LogP contribution < -0.4 is 4.74 Å². The highest BCUT2D eigenvalue weighted by atomic mass is 127. The Kier molecular flexibility index (Phi) is 4.71. The molecule has 0 amide bonds. The third-order valence-corrected chi connectivity index (χ3v) is 3.17. The van der Waals surface area contributed by atoms with Crippen LogP contribution in [-0.4, -0.2) is 22.4 Å². The van der Waals surface area contributed by atoms with Gasteiger partial charge in [0.1, 0.15) is 6.67 Å². The van der Waals surface area contributed by atoms with Crippen molar-refractivity contribution in [3.8, 4) is 5.88 Å². The standard InChI is InChI=1S/C9H6F4INO3/c10-2-5-7(14)4(1-6(16)17)3-15-8(5)18-9(11,12)13/h3H,1-2H2,(H,16,17). The van der Waals surface area contributed by atoms with Crippen LogP contribution >= 0.6 is 22.6 Å². The lowest BCUT2D eigenvalue weighted by molar-refractivity contribution is -0.276. The summed E-state index contributed by atoms with van der Waals surface area (Å²) in [6, 6.07) is 0. The highest BCUT2D eigenvalue weighted by molar-refractivity contribution is 14.1. The summed E-state index contributed by atoms with van der Waals surface area (Å²) in [5.41, 5.74) is -0.281. The van der Waals surface area contributed by atoms with Crippen molar-refractivity contribution in [3.63, 3.8) is 0 Å². The molecule has 4 nitrogen and oxygen atoms in total. The summed E-state index contributed by atoms with van der Waals surface area (Å²) in [6.07, 6.45) is -4.50. The topological polar surface area (TPSA) is 59.4 Å². The molecule has 1 heterocycles. The van der Waals surface area contributed by atoms with Crippen molar-refractivity contribution in [2.45, 2.75) is 19.5 Å². The molecule has 0 radical (unpaired) electrons. The molecule has 0 aliphatic rings. The second-order valence-electron chi connectivity index (χ2n) is 3.13. The van der Waals surface area contributed by atoms with E-state index in [2.05, 4.69) is 9.72 Å². The Morgan fingerprint density at radius 3 is 2.56 bits per heavy atom. The van der Waals surface area contributed by atoms with Crippen LogP contribution in [0, 0.1) is 3.57 Å². The number of rotatable bonds is 4. The van der Waals surface area contributed by atoms with Crippen molar-refractivity contribution in [2.75, 3.05) is 0 Å². The van der Waals surface area contributed by atoms with Gasteiger partial charge in [-0.1, -0.05) is 0 Å². The van der Waals surface area contributed by atoms with E-state index in [1.54, 1.807) is 22.6 Å². The second-order valence-corrected chi connectivity index (χ2v) is 4.21. The SMILES string of the molecule is O=C(O)Cc1cnc(OC(F)(F)F)c(CF)c1I. The number of aromatic nitrogens is 1. The van der Waals surface area contributed by atoms with Gasteiger partial charge in [-0.05, 0) is 28.2 Å². The van der Waals surface area contributed by atoms with Crippen LogP contribution in [0.3, 0.4) is 0 Å². The van der Waals surface area contributed by atoms with Crippen molar-refractivity contribution in [1.29, 1.82) is 0 Å². The number of ether oxygens (including phenoxy) is 1. The summed E-state index contributed by atoms with van der Waals surface area (Å²) in [7, 11) is 0. The van der Waals surface area contributed by atoms with E-state index in [9.17, 15) is 22.4 Å². The molecular weight excluding hydrogens is 373 g/mol. The van der Waals surface area contributed by atoms with Gasteiger partial charge in [0.25, 0.3) is 0 Å². The quantitative estimate of drug-likeness (QED) is 0.646. The van der Waals surface area contributed by atoms with Crippen molar-refractivity contribution >= 4 is 28.6 Å². The van der Waals surface area contributed by atoms with E-state index in [-0.39, 0.29) is 9.13 Å². The fraction of sp³-hybridized carbons (Fsp3) is 0.333. The molecule has 0 aromatic carbocycles. The minimum atomic E-state index is -4.98. The lowest BCUT2D eigenvalue weighted by Gasteiger charge is -2.13. The molecule has 9 heteroatoms. The molecule has 1 rings (SSSR count). The van der Waals surface area contributed by atoms with E-state index in [1.165, 1.54) is 0 Å². The number of halogens is 5. The van der Waals surface area contributed by atoms with Gasteiger partial charge >= 0.3 is 12.3 Å². The van der Waals surface area contributed by atoms with Gasteiger partial charge < -0.3 is 9.84 Å². The van der Waals surface area contributed by atoms with Crippen LogP contribution in [0.5, 0.6) is 5.88 Å². The summed E-state index contributed by atoms with van der Waals surface area (Å²) in [4.78, 5) is 13.8. The predicted octanol–water partition coefficient (Wildman–Crippen LogP) is 2.68. The summed E-state index contributed by atoms with van der Waals surface area (Å²) in [6.45, 7) is -1.23. The Bertz CT molecular complexity index is 464. The predicted molar refractivity (Wildman–Crippen MR) is 59.8 cm³/mol. The van der Waals surface area contributed by atoms with Crippen molar-refractivity contribution in [3.05, 3.63) is 20.9 Å². The first-order chi connectivity index (χ1) is 8.24. The number of pyridine rings is 1. The third-order valence-electron chi connectivity index (χ3n) is 1.83. The average Bonchev–Trinajstić information content (AvgIpc) is 2.20. The number of hydrogen-bond donors (Lipinski definition) is 1. The second kappa shape index (κ2) is 5.67. The molecule has 1 aromatic heterocycles. The van der Waals surface area contributed by atoms with E-state index >= 15 is 0 Å². The summed E-state index contributed by atoms with van der Waals surface area (Å²) < 4.78 is 52.4. The number of alkyl halides is 4. The average molecular weight is 379 g/mol. The Labute approximate surface area is 112 Å². The number of nitrogens with zero attached hydrogens (tertiary/aromatic N) is 1. The van der Waals surface area contributed by atoms with Crippen LogP contribution in [0.25, 0.3) is 0 Å². The van der Waals surface area contributed by atoms with E-state index in [4.69, 9.17) is 5.11 Å². The minimum absolute atomic E-state index is 0.0618. The number of hydrogen-bond acceptors (Lipinski definition) is 3. The Morgan fingerprint density at radius 2 is 2.11 bits per heavy atom. The number of carboxylic acids is 1. The molecule has 0 bridgehead atoms. The molecule has 0 saturated heterocycles. The normalized spacial score (nSPS) is 11.4. The largest absolute Gasteiger partial charge is 0.574 e. The molecule has 18 heavy (non-hydrogen) atoms. The Balaban J connectivity index is 3.16. The zero-order valence-corrected chi connectivity index (χ0v) is 10.7. The van der Waals surface area contributed by atoms with Gasteiger partial charge in [0.2, 0.25) is 5.88 Å². The zero-order chi connectivity index (χ0) is 13.9. The highest BCUT2D eigenvalue weighted by Gasteiger charge is 2.33. The maximum atomic E-state index is 12.7. The lowest BCUT2D eigenvalue weighted by Crippen LogP contribution is -2.19. The fourth-order valence-electron chi connectivity index (χ4n) is 1.16. The molecule has 0 aliphatic heterocycles. The Morgan fingerprint density at radius 1 is 1.50 bits per heavy atom. The molecule has 0 saturated carbocycles. The maximum absolute atomic E-state index is 12.7. The summed E-state index contributed by atoms with van der Waals surface area (Å²) >= 11 is 1.56. The van der Waals surface area contributed by atoms with Gasteiger partial charge in [0, 0.05) is 9.77 Å². The van der Waals surface area contributed by atoms with Crippen molar-refractivity contribution < 1.29 is 32.2 Å². The molecule has 0 aliphatic carbocycles. The molecule has 1 aromatic rings. The number of aliphatic carboxylic acids is 1. The first kappa shape index (κ1) is 14.9. The van der Waals surface area contributed by atoms with Gasteiger partial charge in [-0.25, -0.2) is 9.37 Å². The first-order valence-electron chi connectivity index (χ1n) is 4.44. The number of carboxylic acid groups (broad SMARTS) is 1. The molecule has 0 spiro atoms. The smallest absolute Gasteiger partial charge is 0.481 e. The molecule has 100 valence electrons. The monoisotopic (exact) mass is 379 g/mol. The molecular formula is C9H6F4INO3. The molecule has 0 fully saturated rings. The van der Waals surface area contributed by atoms with Crippen LogP contribution in [0.1, 0.15) is 11.1 Å². The zero-order valence-electron chi connectivity index (χ0n) is 8.59.